The Labute approximate surface area is 192 Å². The summed E-state index contributed by atoms with van der Waals surface area (Å²) in [4.78, 5) is 15.6. The third kappa shape index (κ3) is 5.24. The van der Waals surface area contributed by atoms with E-state index >= 15 is 0 Å². The molecule has 0 radical (unpaired) electrons. The number of hydrogen-bond acceptors (Lipinski definition) is 1. The molecule has 1 saturated carbocycles. The summed E-state index contributed by atoms with van der Waals surface area (Å²) in [5, 5.41) is 3.24. The molecule has 0 saturated heterocycles. The van der Waals surface area contributed by atoms with Crippen LogP contribution < -0.4 is 5.32 Å². The molecule has 4 rings (SSSR count). The summed E-state index contributed by atoms with van der Waals surface area (Å²) in [7, 11) is 0. The van der Waals surface area contributed by atoms with Crippen LogP contribution >= 0.6 is 0 Å². The number of carbonyl (C=O) groups excluding carboxylic acids is 1. The van der Waals surface area contributed by atoms with Crippen LogP contribution in [0.25, 0.3) is 0 Å². The summed E-state index contributed by atoms with van der Waals surface area (Å²) in [6, 6.07) is 19.3. The van der Waals surface area contributed by atoms with Gasteiger partial charge in [0.25, 0.3) is 0 Å². The Balaban J connectivity index is 1.57. The standard InChI is InChI=1S/C28H35N3O/c1-21-10-7-13-24(18-21)19-30-17-9-16-26(30)20-31(25-14-5-4-6-15-25)28(32)29-27-22(2)11-8-12-23(27)3/h7-13,16-18,25H,4-6,14-15,19-20H2,1-3H3,(H,29,32). The van der Waals surface area contributed by atoms with Gasteiger partial charge in [0, 0.05) is 30.2 Å². The third-order valence-corrected chi connectivity index (χ3v) is 6.68. The van der Waals surface area contributed by atoms with Gasteiger partial charge in [-0.15, -0.1) is 0 Å². The van der Waals surface area contributed by atoms with Gasteiger partial charge in [-0.05, 0) is 62.4 Å². The molecule has 1 aromatic heterocycles. The van der Waals surface area contributed by atoms with Crippen LogP contribution in [0, 0.1) is 20.8 Å². The largest absolute Gasteiger partial charge is 0.345 e. The van der Waals surface area contributed by atoms with E-state index in [4.69, 9.17) is 0 Å². The summed E-state index contributed by atoms with van der Waals surface area (Å²) < 4.78 is 2.27. The zero-order valence-electron chi connectivity index (χ0n) is 19.6. The van der Waals surface area contributed by atoms with Crippen LogP contribution in [-0.2, 0) is 13.1 Å². The van der Waals surface area contributed by atoms with Crippen LogP contribution in [0.5, 0.6) is 0 Å². The van der Waals surface area contributed by atoms with E-state index in [1.165, 1.54) is 36.1 Å². The molecule has 0 atom stereocenters. The van der Waals surface area contributed by atoms with Crippen molar-refractivity contribution in [2.24, 2.45) is 0 Å². The minimum absolute atomic E-state index is 0.0117. The normalized spacial score (nSPS) is 14.3. The molecular formula is C28H35N3O. The fourth-order valence-electron chi connectivity index (χ4n) is 4.88. The molecule has 0 unspecified atom stereocenters. The number of aryl methyl sites for hydroxylation is 3. The van der Waals surface area contributed by atoms with Gasteiger partial charge in [0.2, 0.25) is 0 Å². The maximum absolute atomic E-state index is 13.6. The van der Waals surface area contributed by atoms with E-state index in [0.717, 1.165) is 36.2 Å². The molecular weight excluding hydrogens is 394 g/mol. The van der Waals surface area contributed by atoms with Gasteiger partial charge in [0.15, 0.2) is 0 Å². The number of rotatable bonds is 6. The average Bonchev–Trinajstić information content (AvgIpc) is 3.21. The van der Waals surface area contributed by atoms with E-state index in [-0.39, 0.29) is 12.1 Å². The predicted octanol–water partition coefficient (Wildman–Crippen LogP) is 6.83. The van der Waals surface area contributed by atoms with Crippen LogP contribution in [0.15, 0.2) is 60.8 Å². The number of aromatic nitrogens is 1. The molecule has 4 heteroatoms. The second-order valence-electron chi connectivity index (χ2n) is 9.23. The summed E-state index contributed by atoms with van der Waals surface area (Å²) >= 11 is 0. The first-order valence-corrected chi connectivity index (χ1v) is 11.8. The molecule has 1 fully saturated rings. The molecule has 2 aromatic carbocycles. The minimum atomic E-state index is 0.0117. The Hall–Kier alpha value is -3.01. The van der Waals surface area contributed by atoms with E-state index in [0.29, 0.717) is 6.54 Å². The second kappa shape index (κ2) is 10.1. The molecule has 1 aliphatic rings. The Morgan fingerprint density at radius 1 is 0.969 bits per heavy atom. The number of anilines is 1. The number of amides is 2. The lowest BCUT2D eigenvalue weighted by molar-refractivity contribution is 0.161. The van der Waals surface area contributed by atoms with Crippen LogP contribution in [0.3, 0.4) is 0 Å². The number of benzene rings is 2. The van der Waals surface area contributed by atoms with Crippen molar-refractivity contribution in [2.75, 3.05) is 5.32 Å². The number of carbonyl (C=O) groups is 1. The minimum Gasteiger partial charge on any atom is -0.345 e. The topological polar surface area (TPSA) is 37.3 Å². The lowest BCUT2D eigenvalue weighted by Gasteiger charge is -2.35. The van der Waals surface area contributed by atoms with Gasteiger partial charge in [-0.3, -0.25) is 0 Å². The van der Waals surface area contributed by atoms with Crippen molar-refractivity contribution < 1.29 is 4.79 Å². The van der Waals surface area contributed by atoms with Gasteiger partial charge in [0.05, 0.1) is 6.54 Å². The lowest BCUT2D eigenvalue weighted by Crippen LogP contribution is -2.44. The van der Waals surface area contributed by atoms with Crippen LogP contribution in [0.4, 0.5) is 10.5 Å². The molecule has 1 heterocycles. The molecule has 0 spiro atoms. The van der Waals surface area contributed by atoms with Crippen molar-refractivity contribution in [1.82, 2.24) is 9.47 Å². The first-order valence-electron chi connectivity index (χ1n) is 11.8. The van der Waals surface area contributed by atoms with Crippen molar-refractivity contribution in [3.05, 3.63) is 88.7 Å². The molecule has 32 heavy (non-hydrogen) atoms. The quantitative estimate of drug-likeness (QED) is 0.458. The molecule has 2 amide bonds. The maximum atomic E-state index is 13.6. The molecule has 168 valence electrons. The molecule has 0 aliphatic heterocycles. The Morgan fingerprint density at radius 2 is 1.69 bits per heavy atom. The summed E-state index contributed by atoms with van der Waals surface area (Å²) in [6.07, 6.45) is 7.95. The van der Waals surface area contributed by atoms with Gasteiger partial charge in [-0.25, -0.2) is 4.79 Å². The van der Waals surface area contributed by atoms with E-state index in [9.17, 15) is 4.79 Å². The van der Waals surface area contributed by atoms with Crippen molar-refractivity contribution in [3.8, 4) is 0 Å². The molecule has 1 aliphatic carbocycles. The van der Waals surface area contributed by atoms with Gasteiger partial charge in [-0.2, -0.15) is 0 Å². The highest BCUT2D eigenvalue weighted by Gasteiger charge is 2.27. The maximum Gasteiger partial charge on any atom is 0.322 e. The van der Waals surface area contributed by atoms with Crippen molar-refractivity contribution in [2.45, 2.75) is 72.0 Å². The summed E-state index contributed by atoms with van der Waals surface area (Å²) in [5.41, 5.74) is 6.87. The first kappa shape index (κ1) is 22.2. The highest BCUT2D eigenvalue weighted by molar-refractivity contribution is 5.91. The molecule has 3 aromatic rings. The Kier molecular flexibility index (Phi) is 6.99. The van der Waals surface area contributed by atoms with Gasteiger partial charge in [-0.1, -0.05) is 67.3 Å². The fraction of sp³-hybridized carbons (Fsp3) is 0.393. The zero-order chi connectivity index (χ0) is 22.5. The number of para-hydroxylation sites is 1. The fourth-order valence-corrected chi connectivity index (χ4v) is 4.88. The number of nitrogens with one attached hydrogen (secondary N) is 1. The third-order valence-electron chi connectivity index (χ3n) is 6.68. The van der Waals surface area contributed by atoms with E-state index in [2.05, 4.69) is 90.3 Å². The smallest absolute Gasteiger partial charge is 0.322 e. The van der Waals surface area contributed by atoms with Gasteiger partial charge >= 0.3 is 6.03 Å². The van der Waals surface area contributed by atoms with Crippen LogP contribution in [0.1, 0.15) is 60.1 Å². The number of nitrogens with zero attached hydrogens (tertiary/aromatic N) is 2. The van der Waals surface area contributed by atoms with Crippen molar-refractivity contribution in [3.63, 3.8) is 0 Å². The second-order valence-corrected chi connectivity index (χ2v) is 9.23. The lowest BCUT2D eigenvalue weighted by atomic mass is 9.94. The first-order chi connectivity index (χ1) is 15.5. The van der Waals surface area contributed by atoms with Gasteiger partial charge in [0.1, 0.15) is 0 Å². The predicted molar refractivity (Wildman–Crippen MR) is 132 cm³/mol. The zero-order valence-corrected chi connectivity index (χ0v) is 19.6. The Bertz CT molecular complexity index is 1040. The molecule has 4 nitrogen and oxygen atoms in total. The number of hydrogen-bond donors (Lipinski definition) is 1. The van der Waals surface area contributed by atoms with E-state index in [1.54, 1.807) is 0 Å². The van der Waals surface area contributed by atoms with Crippen molar-refractivity contribution in [1.29, 1.82) is 0 Å². The number of urea groups is 1. The average molecular weight is 430 g/mol. The monoisotopic (exact) mass is 429 g/mol. The summed E-state index contributed by atoms with van der Waals surface area (Å²) in [5.74, 6) is 0. The van der Waals surface area contributed by atoms with Gasteiger partial charge < -0.3 is 14.8 Å². The highest BCUT2D eigenvalue weighted by atomic mass is 16.2. The van der Waals surface area contributed by atoms with E-state index in [1.807, 2.05) is 6.07 Å². The summed E-state index contributed by atoms with van der Waals surface area (Å²) in [6.45, 7) is 7.69. The molecule has 0 bridgehead atoms. The van der Waals surface area contributed by atoms with Crippen molar-refractivity contribution >= 4 is 11.7 Å². The van der Waals surface area contributed by atoms with E-state index < -0.39 is 0 Å². The SMILES string of the molecule is Cc1cccc(Cn2cccc2CN(C(=O)Nc2c(C)cccc2C)C2CCCCC2)c1. The highest BCUT2D eigenvalue weighted by Crippen LogP contribution is 2.27. The van der Waals surface area contributed by atoms with Crippen LogP contribution in [0.2, 0.25) is 0 Å². The van der Waals surface area contributed by atoms with Crippen LogP contribution in [-0.4, -0.2) is 21.5 Å². The molecule has 1 N–H and O–H groups in total. The Morgan fingerprint density at radius 3 is 2.41 bits per heavy atom.